The summed E-state index contributed by atoms with van der Waals surface area (Å²) < 4.78 is 0. The molecule has 0 amide bonds. The number of aliphatic hydroxyl groups excluding tert-OH is 1. The molecule has 0 saturated heterocycles. The molecule has 0 aliphatic carbocycles. The minimum Gasteiger partial charge on any atom is -0.508 e. The maximum atomic E-state index is 8.63. The Morgan fingerprint density at radius 2 is 1.11 bits per heavy atom. The fourth-order valence-electron chi connectivity index (χ4n) is 0.856. The van der Waals surface area contributed by atoms with Gasteiger partial charge in [0.1, 0.15) is 11.5 Å². The molecular weight excluding hydrogens is 264 g/mol. The molecule has 1 atom stereocenters. The second kappa shape index (κ2) is 11.4. The second-order valence-corrected chi connectivity index (χ2v) is 4.38. The first-order valence-electron chi connectivity index (χ1n) is 5.79. The number of benzene rings is 2. The fraction of sp³-hybridized carbons (Fsp3) is 0.200. The first-order chi connectivity index (χ1) is 9.06. The van der Waals surface area contributed by atoms with Crippen LogP contribution in [0.15, 0.2) is 60.7 Å². The molecule has 19 heavy (non-hydrogen) atoms. The Bertz CT molecular complexity index is 367. The van der Waals surface area contributed by atoms with Crippen LogP contribution in [-0.2, 0) is 0 Å². The highest BCUT2D eigenvalue weighted by Crippen LogP contribution is 2.03. The first-order valence-corrected chi connectivity index (χ1v) is 6.23. The minimum atomic E-state index is -0.0880. The van der Waals surface area contributed by atoms with Gasteiger partial charge in [-0.15, -0.1) is 11.6 Å². The Morgan fingerprint density at radius 3 is 1.21 bits per heavy atom. The van der Waals surface area contributed by atoms with Gasteiger partial charge in [-0.05, 0) is 31.2 Å². The molecule has 0 aromatic heterocycles. The van der Waals surface area contributed by atoms with E-state index < -0.39 is 0 Å². The number of phenolic OH excluding ortho intramolecular Hbond substituents is 2. The highest BCUT2D eigenvalue weighted by molar-refractivity contribution is 6.20. The van der Waals surface area contributed by atoms with Gasteiger partial charge in [0.25, 0.3) is 0 Å². The third-order valence-electron chi connectivity index (χ3n) is 1.76. The largest absolute Gasteiger partial charge is 0.508 e. The number of para-hydroxylation sites is 2. The molecule has 0 aliphatic heterocycles. The number of rotatable bonds is 1. The molecule has 0 saturated carbocycles. The van der Waals surface area contributed by atoms with Gasteiger partial charge in [0.15, 0.2) is 0 Å². The third kappa shape index (κ3) is 12.5. The maximum Gasteiger partial charge on any atom is 0.115 e. The van der Waals surface area contributed by atoms with Crippen LogP contribution in [0.2, 0.25) is 0 Å². The van der Waals surface area contributed by atoms with Crippen molar-refractivity contribution in [2.45, 2.75) is 12.3 Å². The molecule has 3 nitrogen and oxygen atoms in total. The van der Waals surface area contributed by atoms with Crippen molar-refractivity contribution in [2.24, 2.45) is 0 Å². The van der Waals surface area contributed by atoms with E-state index in [9.17, 15) is 0 Å². The van der Waals surface area contributed by atoms with Crippen LogP contribution in [0.5, 0.6) is 11.5 Å². The summed E-state index contributed by atoms with van der Waals surface area (Å²) in [6.07, 6.45) is 0. The van der Waals surface area contributed by atoms with E-state index in [0.29, 0.717) is 11.5 Å². The third-order valence-corrected chi connectivity index (χ3v) is 1.90. The van der Waals surface area contributed by atoms with Gasteiger partial charge in [-0.25, -0.2) is 0 Å². The second-order valence-electron chi connectivity index (χ2n) is 3.63. The normalized spacial score (nSPS) is 10.3. The van der Waals surface area contributed by atoms with Crippen molar-refractivity contribution >= 4 is 11.6 Å². The lowest BCUT2D eigenvalue weighted by Crippen LogP contribution is -1.94. The van der Waals surface area contributed by atoms with Crippen molar-refractivity contribution in [3.63, 3.8) is 0 Å². The predicted molar refractivity (Wildman–Crippen MR) is 78.6 cm³/mol. The van der Waals surface area contributed by atoms with Crippen LogP contribution in [0.3, 0.4) is 0 Å². The topological polar surface area (TPSA) is 60.7 Å². The Hall–Kier alpha value is -1.71. The summed E-state index contributed by atoms with van der Waals surface area (Å²) in [7, 11) is 0. The number of aliphatic hydroxyl groups is 1. The molecule has 0 aliphatic rings. The molecule has 4 heteroatoms. The van der Waals surface area contributed by atoms with Crippen LogP contribution >= 0.6 is 11.6 Å². The molecule has 0 fully saturated rings. The van der Waals surface area contributed by atoms with Gasteiger partial charge in [0.05, 0.1) is 12.0 Å². The molecule has 0 spiro atoms. The molecular formula is C15H19ClO3. The van der Waals surface area contributed by atoms with E-state index in [1.165, 1.54) is 0 Å². The van der Waals surface area contributed by atoms with E-state index in [1.807, 2.05) is 12.1 Å². The summed E-state index contributed by atoms with van der Waals surface area (Å²) in [6, 6.07) is 17.4. The molecule has 2 rings (SSSR count). The van der Waals surface area contributed by atoms with Crippen molar-refractivity contribution in [3.8, 4) is 11.5 Å². The van der Waals surface area contributed by atoms with Gasteiger partial charge in [-0.1, -0.05) is 36.4 Å². The van der Waals surface area contributed by atoms with Crippen molar-refractivity contribution in [3.05, 3.63) is 60.7 Å². The van der Waals surface area contributed by atoms with Gasteiger partial charge in [0, 0.05) is 0 Å². The van der Waals surface area contributed by atoms with E-state index in [-0.39, 0.29) is 12.0 Å². The number of phenols is 2. The van der Waals surface area contributed by atoms with Crippen LogP contribution in [0.1, 0.15) is 6.92 Å². The van der Waals surface area contributed by atoms with Crippen LogP contribution in [0.25, 0.3) is 0 Å². The van der Waals surface area contributed by atoms with Crippen molar-refractivity contribution in [1.82, 2.24) is 0 Å². The summed E-state index contributed by atoms with van der Waals surface area (Å²) in [4.78, 5) is 0. The lowest BCUT2D eigenvalue weighted by atomic mass is 10.3. The SMILES string of the molecule is CC(Cl)CO.Oc1ccccc1.Oc1ccccc1. The zero-order valence-electron chi connectivity index (χ0n) is 10.8. The van der Waals surface area contributed by atoms with Gasteiger partial charge < -0.3 is 15.3 Å². The molecule has 2 aromatic rings. The Balaban J connectivity index is 0.000000261. The number of alkyl halides is 1. The van der Waals surface area contributed by atoms with E-state index in [0.717, 1.165) is 0 Å². The number of hydrogen-bond acceptors (Lipinski definition) is 3. The first kappa shape index (κ1) is 17.3. The number of aromatic hydroxyl groups is 2. The molecule has 0 radical (unpaired) electrons. The van der Waals surface area contributed by atoms with Gasteiger partial charge in [-0.2, -0.15) is 0 Å². The van der Waals surface area contributed by atoms with Crippen molar-refractivity contribution in [2.75, 3.05) is 6.61 Å². The molecule has 2 aromatic carbocycles. The highest BCUT2D eigenvalue weighted by atomic mass is 35.5. The summed E-state index contributed by atoms with van der Waals surface area (Å²) in [5, 5.41) is 25.2. The Labute approximate surface area is 118 Å². The van der Waals surface area contributed by atoms with E-state index in [2.05, 4.69) is 0 Å². The van der Waals surface area contributed by atoms with Crippen LogP contribution in [0.4, 0.5) is 0 Å². The van der Waals surface area contributed by atoms with Crippen molar-refractivity contribution < 1.29 is 15.3 Å². The molecule has 3 N–H and O–H groups in total. The van der Waals surface area contributed by atoms with E-state index in [4.69, 9.17) is 26.9 Å². The fourth-order valence-corrected chi connectivity index (χ4v) is 0.856. The Morgan fingerprint density at radius 1 is 0.842 bits per heavy atom. The zero-order chi connectivity index (χ0) is 14.5. The Kier molecular flexibility index (Phi) is 10.4. The summed E-state index contributed by atoms with van der Waals surface area (Å²) in [5.41, 5.74) is 0. The summed E-state index contributed by atoms with van der Waals surface area (Å²) >= 11 is 5.21. The lowest BCUT2D eigenvalue weighted by molar-refractivity contribution is 0.298. The predicted octanol–water partition coefficient (Wildman–Crippen LogP) is 3.39. The smallest absolute Gasteiger partial charge is 0.115 e. The average Bonchev–Trinajstić information content (AvgIpc) is 2.42. The standard InChI is InChI=1S/2C6H6O.C3H7ClO/c2*7-6-4-2-1-3-5-6;1-3(4)2-5/h2*1-5,7H;3,5H,2H2,1H3. The summed E-state index contributed by atoms with van der Waals surface area (Å²) in [6.45, 7) is 1.81. The number of hydrogen-bond donors (Lipinski definition) is 3. The van der Waals surface area contributed by atoms with Crippen molar-refractivity contribution in [1.29, 1.82) is 0 Å². The van der Waals surface area contributed by atoms with E-state index >= 15 is 0 Å². The van der Waals surface area contributed by atoms with E-state index in [1.54, 1.807) is 55.5 Å². The average molecular weight is 283 g/mol. The minimum absolute atomic E-state index is 0.0710. The molecule has 0 bridgehead atoms. The molecule has 0 heterocycles. The molecule has 104 valence electrons. The van der Waals surface area contributed by atoms with Crippen LogP contribution in [0, 0.1) is 0 Å². The van der Waals surface area contributed by atoms with Gasteiger partial charge in [0.2, 0.25) is 0 Å². The quantitative estimate of drug-likeness (QED) is 0.703. The van der Waals surface area contributed by atoms with Crippen LogP contribution < -0.4 is 0 Å². The van der Waals surface area contributed by atoms with Crippen LogP contribution in [-0.4, -0.2) is 27.3 Å². The van der Waals surface area contributed by atoms with Gasteiger partial charge >= 0.3 is 0 Å². The maximum absolute atomic E-state index is 8.63. The highest BCUT2D eigenvalue weighted by Gasteiger charge is 1.84. The van der Waals surface area contributed by atoms with Gasteiger partial charge in [-0.3, -0.25) is 0 Å². The lowest BCUT2D eigenvalue weighted by Gasteiger charge is -1.87. The summed E-state index contributed by atoms with van der Waals surface area (Å²) in [5.74, 6) is 0.644. The number of halogens is 1. The monoisotopic (exact) mass is 282 g/mol. The molecule has 1 unspecified atom stereocenters. The zero-order valence-corrected chi connectivity index (χ0v) is 11.5.